The van der Waals surface area contributed by atoms with E-state index in [0.29, 0.717) is 30.9 Å². The van der Waals surface area contributed by atoms with Crippen LogP contribution in [0.4, 0.5) is 5.69 Å². The van der Waals surface area contributed by atoms with Crippen LogP contribution in [0.2, 0.25) is 0 Å². The number of hydrogen-bond acceptors (Lipinski definition) is 3. The number of nitrogens with one attached hydrogen (secondary N) is 2. The molecule has 1 atom stereocenters. The van der Waals surface area contributed by atoms with Crippen LogP contribution in [0.25, 0.3) is 0 Å². The van der Waals surface area contributed by atoms with Gasteiger partial charge in [-0.05, 0) is 49.1 Å². The molecule has 0 aliphatic carbocycles. The first-order valence-corrected chi connectivity index (χ1v) is 10.0. The largest absolute Gasteiger partial charge is 0.355 e. The van der Waals surface area contributed by atoms with Gasteiger partial charge in [0.1, 0.15) is 0 Å². The molecule has 2 aromatic carbocycles. The number of hydrogen-bond donors (Lipinski definition) is 2. The predicted octanol–water partition coefficient (Wildman–Crippen LogP) is 2.86. The van der Waals surface area contributed by atoms with Crippen LogP contribution in [-0.2, 0) is 16.0 Å². The summed E-state index contributed by atoms with van der Waals surface area (Å²) in [5, 5.41) is 5.70. The summed E-state index contributed by atoms with van der Waals surface area (Å²) in [5.41, 5.74) is 2.41. The van der Waals surface area contributed by atoms with Crippen LogP contribution < -0.4 is 10.6 Å². The molecule has 6 nitrogen and oxygen atoms in total. The highest BCUT2D eigenvalue weighted by Crippen LogP contribution is 2.20. The smallest absolute Gasteiger partial charge is 0.253 e. The van der Waals surface area contributed by atoms with Crippen LogP contribution >= 0.6 is 0 Å². The Balaban J connectivity index is 1.51. The van der Waals surface area contributed by atoms with Gasteiger partial charge in [0.05, 0.1) is 5.92 Å². The fourth-order valence-electron chi connectivity index (χ4n) is 3.58. The molecule has 0 spiro atoms. The number of likely N-dealkylation sites (tertiary alicyclic amines) is 1. The predicted molar refractivity (Wildman–Crippen MR) is 113 cm³/mol. The SMILES string of the molecule is CC(=O)Nc1ccc(C(=O)N2CCC[C@H](C(=O)NCCc3ccccc3)C2)cc1. The molecule has 2 aromatic rings. The molecule has 2 N–H and O–H groups in total. The molecule has 0 bridgehead atoms. The average molecular weight is 393 g/mol. The number of carbonyl (C=O) groups is 3. The van der Waals surface area contributed by atoms with E-state index in [9.17, 15) is 14.4 Å². The molecule has 0 radical (unpaired) electrons. The van der Waals surface area contributed by atoms with Gasteiger partial charge in [-0.15, -0.1) is 0 Å². The summed E-state index contributed by atoms with van der Waals surface area (Å²) in [4.78, 5) is 38.2. The van der Waals surface area contributed by atoms with Crippen LogP contribution in [0.5, 0.6) is 0 Å². The maximum absolute atomic E-state index is 12.8. The number of amides is 3. The summed E-state index contributed by atoms with van der Waals surface area (Å²) >= 11 is 0. The number of benzene rings is 2. The Labute approximate surface area is 171 Å². The van der Waals surface area contributed by atoms with Crippen molar-refractivity contribution in [2.75, 3.05) is 25.0 Å². The molecule has 1 saturated heterocycles. The molecule has 0 unspecified atom stereocenters. The number of carbonyl (C=O) groups excluding carboxylic acids is 3. The lowest BCUT2D eigenvalue weighted by molar-refractivity contribution is -0.126. The van der Waals surface area contributed by atoms with Crippen LogP contribution in [0.1, 0.15) is 35.7 Å². The van der Waals surface area contributed by atoms with Crippen LogP contribution in [0.3, 0.4) is 0 Å². The van der Waals surface area contributed by atoms with E-state index in [2.05, 4.69) is 10.6 Å². The van der Waals surface area contributed by atoms with Crippen molar-refractivity contribution in [3.63, 3.8) is 0 Å². The van der Waals surface area contributed by atoms with Gasteiger partial charge in [0, 0.05) is 37.8 Å². The zero-order valence-electron chi connectivity index (χ0n) is 16.7. The second-order valence-corrected chi connectivity index (χ2v) is 7.38. The zero-order chi connectivity index (χ0) is 20.6. The first-order chi connectivity index (χ1) is 14.0. The summed E-state index contributed by atoms with van der Waals surface area (Å²) in [6.45, 7) is 3.12. The minimum Gasteiger partial charge on any atom is -0.355 e. The highest BCUT2D eigenvalue weighted by molar-refractivity contribution is 5.96. The van der Waals surface area contributed by atoms with E-state index in [1.54, 1.807) is 29.2 Å². The van der Waals surface area contributed by atoms with E-state index >= 15 is 0 Å². The first kappa shape index (κ1) is 20.6. The van der Waals surface area contributed by atoms with Gasteiger partial charge in [-0.1, -0.05) is 30.3 Å². The topological polar surface area (TPSA) is 78.5 Å². The number of rotatable bonds is 6. The Kier molecular flexibility index (Phi) is 7.00. The zero-order valence-corrected chi connectivity index (χ0v) is 16.7. The molecule has 1 fully saturated rings. The molecule has 6 heteroatoms. The molecule has 1 aliphatic heterocycles. The molecule has 3 rings (SSSR count). The van der Waals surface area contributed by atoms with Gasteiger partial charge >= 0.3 is 0 Å². The fourth-order valence-corrected chi connectivity index (χ4v) is 3.58. The normalized spacial score (nSPS) is 16.2. The van der Waals surface area contributed by atoms with E-state index in [1.165, 1.54) is 12.5 Å². The highest BCUT2D eigenvalue weighted by atomic mass is 16.2. The monoisotopic (exact) mass is 393 g/mol. The van der Waals surface area contributed by atoms with Gasteiger partial charge in [-0.2, -0.15) is 0 Å². The maximum Gasteiger partial charge on any atom is 0.253 e. The minimum atomic E-state index is -0.179. The van der Waals surface area contributed by atoms with Gasteiger partial charge in [0.2, 0.25) is 11.8 Å². The molecule has 152 valence electrons. The summed E-state index contributed by atoms with van der Waals surface area (Å²) in [6, 6.07) is 16.9. The van der Waals surface area contributed by atoms with Crippen molar-refractivity contribution < 1.29 is 14.4 Å². The second kappa shape index (κ2) is 9.87. The average Bonchev–Trinajstić information content (AvgIpc) is 2.74. The van der Waals surface area contributed by atoms with Gasteiger partial charge in [-0.3, -0.25) is 14.4 Å². The first-order valence-electron chi connectivity index (χ1n) is 10.0. The number of piperidine rings is 1. The number of nitrogens with zero attached hydrogens (tertiary/aromatic N) is 1. The molecular formula is C23H27N3O3. The molecular weight excluding hydrogens is 366 g/mol. The van der Waals surface area contributed by atoms with E-state index < -0.39 is 0 Å². The van der Waals surface area contributed by atoms with Crippen molar-refractivity contribution in [2.24, 2.45) is 5.92 Å². The lowest BCUT2D eigenvalue weighted by atomic mass is 9.96. The Morgan fingerprint density at radius 1 is 1.03 bits per heavy atom. The standard InChI is InChI=1S/C23H27N3O3/c1-17(27)25-21-11-9-19(10-12-21)23(29)26-15-5-8-20(16-26)22(28)24-14-13-18-6-3-2-4-7-18/h2-4,6-7,9-12,20H,5,8,13-16H2,1H3,(H,24,28)(H,25,27)/t20-/m0/s1. The third-order valence-corrected chi connectivity index (χ3v) is 5.09. The Hall–Kier alpha value is -3.15. The van der Waals surface area contributed by atoms with Crippen molar-refractivity contribution >= 4 is 23.4 Å². The van der Waals surface area contributed by atoms with Crippen molar-refractivity contribution in [3.8, 4) is 0 Å². The van der Waals surface area contributed by atoms with Gasteiger partial charge < -0.3 is 15.5 Å². The third-order valence-electron chi connectivity index (χ3n) is 5.09. The summed E-state index contributed by atoms with van der Waals surface area (Å²) in [7, 11) is 0. The Morgan fingerprint density at radius 3 is 2.45 bits per heavy atom. The van der Waals surface area contributed by atoms with Crippen LogP contribution in [-0.4, -0.2) is 42.3 Å². The molecule has 29 heavy (non-hydrogen) atoms. The number of anilines is 1. The van der Waals surface area contributed by atoms with Crippen LogP contribution in [0, 0.1) is 5.92 Å². The van der Waals surface area contributed by atoms with Gasteiger partial charge in [0.15, 0.2) is 0 Å². The highest BCUT2D eigenvalue weighted by Gasteiger charge is 2.28. The summed E-state index contributed by atoms with van der Waals surface area (Å²) in [5.74, 6) is -0.399. The molecule has 0 aromatic heterocycles. The quantitative estimate of drug-likeness (QED) is 0.792. The fraction of sp³-hybridized carbons (Fsp3) is 0.348. The lowest BCUT2D eigenvalue weighted by Gasteiger charge is -2.32. The molecule has 1 heterocycles. The third kappa shape index (κ3) is 5.91. The van der Waals surface area contributed by atoms with Crippen molar-refractivity contribution in [2.45, 2.75) is 26.2 Å². The van der Waals surface area contributed by atoms with Crippen molar-refractivity contribution in [3.05, 3.63) is 65.7 Å². The lowest BCUT2D eigenvalue weighted by Crippen LogP contribution is -2.45. The summed E-state index contributed by atoms with van der Waals surface area (Å²) in [6.07, 6.45) is 2.40. The van der Waals surface area contributed by atoms with E-state index in [-0.39, 0.29) is 23.6 Å². The second-order valence-electron chi connectivity index (χ2n) is 7.38. The van der Waals surface area contributed by atoms with Crippen LogP contribution in [0.15, 0.2) is 54.6 Å². The van der Waals surface area contributed by atoms with Gasteiger partial charge in [-0.25, -0.2) is 0 Å². The van der Waals surface area contributed by atoms with Crippen molar-refractivity contribution in [1.29, 1.82) is 0 Å². The molecule has 3 amide bonds. The van der Waals surface area contributed by atoms with Gasteiger partial charge in [0.25, 0.3) is 5.91 Å². The summed E-state index contributed by atoms with van der Waals surface area (Å²) < 4.78 is 0. The minimum absolute atomic E-state index is 0.0134. The molecule has 0 saturated carbocycles. The molecule has 1 aliphatic rings. The van der Waals surface area contributed by atoms with Crippen molar-refractivity contribution in [1.82, 2.24) is 10.2 Å². The Morgan fingerprint density at radius 2 is 1.76 bits per heavy atom. The van der Waals surface area contributed by atoms with E-state index in [1.807, 2.05) is 30.3 Å². The van der Waals surface area contributed by atoms with E-state index in [0.717, 1.165) is 19.3 Å². The van der Waals surface area contributed by atoms with E-state index in [4.69, 9.17) is 0 Å². The maximum atomic E-state index is 12.8. The Bertz CT molecular complexity index is 849.